The molecule has 1 aliphatic carbocycles. The van der Waals surface area contributed by atoms with E-state index >= 15 is 0 Å². The fraction of sp³-hybridized carbons (Fsp3) is 0.0645. The summed E-state index contributed by atoms with van der Waals surface area (Å²) in [7, 11) is 0. The van der Waals surface area contributed by atoms with Gasteiger partial charge >= 0.3 is 0 Å². The second-order valence-corrected chi connectivity index (χ2v) is 16.7. The van der Waals surface area contributed by atoms with E-state index in [9.17, 15) is 0 Å². The Morgan fingerprint density at radius 2 is 0.531 bits per heavy atom. The molecule has 0 bridgehead atoms. The summed E-state index contributed by atoms with van der Waals surface area (Å²) in [6.45, 7) is 4.28. The quantitative estimate of drug-likeness (QED) is 0.128. The van der Waals surface area contributed by atoms with Gasteiger partial charge in [0.25, 0.3) is 0 Å². The third-order valence-corrected chi connectivity index (χ3v) is 12.4. The smallest absolute Gasteiger partial charge is 0.0462 e. The average molecular weight is 823 g/mol. The molecule has 0 unspecified atom stereocenters. The van der Waals surface area contributed by atoms with Crippen LogP contribution in [0.1, 0.15) is 29.5 Å². The fourth-order valence-electron chi connectivity index (χ4n) is 8.77. The van der Waals surface area contributed by atoms with E-state index in [1.807, 2.05) is 0 Å². The van der Waals surface area contributed by atoms with Crippen LogP contribution < -0.4 is 9.80 Å². The summed E-state index contributed by atoms with van der Waals surface area (Å²) in [6, 6.07) is 83.7. The highest BCUT2D eigenvalue weighted by atomic mass is 15.2. The van der Waals surface area contributed by atoms with E-state index in [0.29, 0.717) is 0 Å². The first-order chi connectivity index (χ1) is 31.5. The molecule has 64 heavy (non-hydrogen) atoms. The van der Waals surface area contributed by atoms with Crippen molar-refractivity contribution in [3.05, 3.63) is 265 Å². The number of nitrogens with zero attached hydrogens (tertiary/aromatic N) is 2. The van der Waals surface area contributed by atoms with Crippen LogP contribution in [0.2, 0.25) is 0 Å². The van der Waals surface area contributed by atoms with Gasteiger partial charge in [-0.05, 0) is 149 Å². The third-order valence-electron chi connectivity index (χ3n) is 12.4. The molecule has 0 aliphatic heterocycles. The zero-order valence-corrected chi connectivity index (χ0v) is 36.4. The fourth-order valence-corrected chi connectivity index (χ4v) is 8.77. The van der Waals surface area contributed by atoms with E-state index in [0.717, 1.165) is 41.3 Å². The van der Waals surface area contributed by atoms with Gasteiger partial charge in [-0.25, -0.2) is 0 Å². The van der Waals surface area contributed by atoms with Crippen molar-refractivity contribution in [1.29, 1.82) is 0 Å². The maximum Gasteiger partial charge on any atom is 0.0462 e. The lowest BCUT2D eigenvalue weighted by Gasteiger charge is -2.30. The summed E-state index contributed by atoms with van der Waals surface area (Å²) in [4.78, 5) is 4.77. The molecule has 2 nitrogen and oxygen atoms in total. The zero-order chi connectivity index (χ0) is 43.2. The molecule has 0 saturated heterocycles. The molecule has 0 spiro atoms. The van der Waals surface area contributed by atoms with Gasteiger partial charge in [0, 0.05) is 34.1 Å². The Labute approximate surface area is 378 Å². The summed E-state index contributed by atoms with van der Waals surface area (Å²) in [5, 5.41) is 0. The third kappa shape index (κ3) is 8.73. The van der Waals surface area contributed by atoms with Crippen LogP contribution in [0, 0.1) is 13.8 Å². The topological polar surface area (TPSA) is 6.48 Å². The normalized spacial score (nSPS) is 12.3. The van der Waals surface area contributed by atoms with E-state index in [1.54, 1.807) is 0 Å². The van der Waals surface area contributed by atoms with E-state index in [4.69, 9.17) is 0 Å². The van der Waals surface area contributed by atoms with Gasteiger partial charge in [-0.15, -0.1) is 0 Å². The summed E-state index contributed by atoms with van der Waals surface area (Å²) >= 11 is 0. The Balaban J connectivity index is 0.955. The van der Waals surface area contributed by atoms with Gasteiger partial charge in [0.1, 0.15) is 0 Å². The molecule has 10 rings (SSSR count). The van der Waals surface area contributed by atoms with Crippen LogP contribution in [0.5, 0.6) is 0 Å². The lowest BCUT2D eigenvalue weighted by molar-refractivity contribution is 0.930. The van der Waals surface area contributed by atoms with E-state index in [2.05, 4.69) is 266 Å². The second kappa shape index (κ2) is 18.2. The highest BCUT2D eigenvalue weighted by molar-refractivity contribution is 5.82. The molecular formula is C62H50N2. The Morgan fingerprint density at radius 1 is 0.250 bits per heavy atom. The molecule has 1 aliphatic rings. The number of hydrogen-bond acceptors (Lipinski definition) is 2. The van der Waals surface area contributed by atoms with E-state index in [1.165, 1.54) is 72.5 Å². The molecule has 2 heteroatoms. The largest absolute Gasteiger partial charge is 0.314 e. The van der Waals surface area contributed by atoms with Crippen molar-refractivity contribution in [2.45, 2.75) is 26.7 Å². The predicted octanol–water partition coefficient (Wildman–Crippen LogP) is 17.3. The first kappa shape index (κ1) is 40.2. The molecular weight excluding hydrogens is 773 g/mol. The molecule has 0 heterocycles. The summed E-state index contributed by atoms with van der Waals surface area (Å²) in [5.41, 5.74) is 21.7. The number of allylic oxidation sites excluding steroid dienone is 4. The van der Waals surface area contributed by atoms with Crippen molar-refractivity contribution >= 4 is 34.0 Å². The summed E-state index contributed by atoms with van der Waals surface area (Å²) in [6.07, 6.45) is 6.56. The van der Waals surface area contributed by atoms with Gasteiger partial charge < -0.3 is 9.80 Å². The van der Waals surface area contributed by atoms with Crippen molar-refractivity contribution in [1.82, 2.24) is 0 Å². The van der Waals surface area contributed by atoms with Crippen molar-refractivity contribution < 1.29 is 0 Å². The summed E-state index contributed by atoms with van der Waals surface area (Å²) in [5.74, 6) is 0. The maximum atomic E-state index is 2.43. The van der Waals surface area contributed by atoms with Crippen LogP contribution in [0.4, 0.5) is 28.4 Å². The van der Waals surface area contributed by atoms with Gasteiger partial charge in [-0.2, -0.15) is 0 Å². The second-order valence-electron chi connectivity index (χ2n) is 16.7. The number of aryl methyl sites for hydroxylation is 2. The molecule has 0 amide bonds. The van der Waals surface area contributed by atoms with Crippen LogP contribution in [0.15, 0.2) is 248 Å². The van der Waals surface area contributed by atoms with Crippen molar-refractivity contribution in [3.8, 4) is 44.5 Å². The standard InChI is InChI=1S/C62H50N2/c1-45-13-17-49(18-14-45)53-25-37-59(38-26-53)63(57-33-21-51(22-34-57)47-9-5-3-6-10-47)61-41-29-55(30-42-61)56-31-43-62(44-32-56)64(58-35-23-52(24-36-58)48-11-7-4-8-12-48)60-39-27-54(28-40-60)50-19-15-46(2)16-20-50/h3-27,29-39,41-44H,28,40H2,1-2H3. The molecule has 0 aromatic heterocycles. The minimum atomic E-state index is 0.948. The Bertz CT molecular complexity index is 3020. The van der Waals surface area contributed by atoms with Crippen molar-refractivity contribution in [2.75, 3.05) is 9.80 Å². The van der Waals surface area contributed by atoms with Gasteiger partial charge in [0.05, 0.1) is 0 Å². The molecule has 9 aromatic rings. The lowest BCUT2D eigenvalue weighted by atomic mass is 9.94. The van der Waals surface area contributed by atoms with Crippen LogP contribution in [-0.4, -0.2) is 0 Å². The highest BCUT2D eigenvalue weighted by Crippen LogP contribution is 2.40. The Morgan fingerprint density at radius 3 is 0.844 bits per heavy atom. The van der Waals surface area contributed by atoms with E-state index < -0.39 is 0 Å². The maximum absolute atomic E-state index is 2.43. The molecule has 308 valence electrons. The van der Waals surface area contributed by atoms with Gasteiger partial charge in [0.2, 0.25) is 0 Å². The highest BCUT2D eigenvalue weighted by Gasteiger charge is 2.19. The van der Waals surface area contributed by atoms with Crippen LogP contribution in [0.3, 0.4) is 0 Å². The Kier molecular flexibility index (Phi) is 11.4. The number of hydrogen-bond donors (Lipinski definition) is 0. The molecule has 0 radical (unpaired) electrons. The molecule has 0 fully saturated rings. The minimum Gasteiger partial charge on any atom is -0.314 e. The monoisotopic (exact) mass is 822 g/mol. The van der Waals surface area contributed by atoms with Gasteiger partial charge in [-0.1, -0.05) is 187 Å². The van der Waals surface area contributed by atoms with Crippen molar-refractivity contribution in [2.24, 2.45) is 0 Å². The first-order valence-electron chi connectivity index (χ1n) is 22.3. The molecule has 0 atom stereocenters. The van der Waals surface area contributed by atoms with Gasteiger partial charge in [0.15, 0.2) is 0 Å². The van der Waals surface area contributed by atoms with E-state index in [-0.39, 0.29) is 0 Å². The minimum absolute atomic E-state index is 0.948. The van der Waals surface area contributed by atoms with Crippen LogP contribution in [-0.2, 0) is 0 Å². The van der Waals surface area contributed by atoms with Crippen LogP contribution in [0.25, 0.3) is 50.1 Å². The lowest BCUT2D eigenvalue weighted by Crippen LogP contribution is -2.17. The molecule has 0 N–H and O–H groups in total. The number of anilines is 5. The van der Waals surface area contributed by atoms with Crippen LogP contribution >= 0.6 is 0 Å². The first-order valence-corrected chi connectivity index (χ1v) is 22.3. The number of rotatable bonds is 11. The average Bonchev–Trinajstić information content (AvgIpc) is 3.37. The SMILES string of the molecule is Cc1ccc(C2=CC=C(N(c3ccc(-c4ccccc4)cc3)c3ccc(-c4ccc(N(c5ccc(-c6ccccc6)cc5)c5ccc(-c6ccc(C)cc6)cc5)cc4)cc3)CC2)cc1. The van der Waals surface area contributed by atoms with Crippen molar-refractivity contribution in [3.63, 3.8) is 0 Å². The Hall–Kier alpha value is -7.94. The van der Waals surface area contributed by atoms with Gasteiger partial charge in [-0.3, -0.25) is 0 Å². The number of benzene rings is 9. The predicted molar refractivity (Wildman–Crippen MR) is 273 cm³/mol. The summed E-state index contributed by atoms with van der Waals surface area (Å²) < 4.78 is 0. The molecule has 9 aromatic carbocycles. The molecule has 0 saturated carbocycles. The zero-order valence-electron chi connectivity index (χ0n) is 36.4.